The third-order valence-corrected chi connectivity index (χ3v) is 3.09. The Morgan fingerprint density at radius 3 is 2.43 bits per heavy atom. The van der Waals surface area contributed by atoms with Gasteiger partial charge in [-0.3, -0.25) is 4.79 Å². The zero-order valence-corrected chi connectivity index (χ0v) is 12.8. The lowest BCUT2D eigenvalue weighted by molar-refractivity contribution is 0.0700. The zero-order valence-electron chi connectivity index (χ0n) is 12.8. The summed E-state index contributed by atoms with van der Waals surface area (Å²) in [6.45, 7) is 5.19. The van der Waals surface area contributed by atoms with Crippen LogP contribution in [0.1, 0.15) is 27.9 Å². The number of amidine groups is 1. The van der Waals surface area contributed by atoms with Gasteiger partial charge in [0.1, 0.15) is 5.84 Å². The highest BCUT2D eigenvalue weighted by Gasteiger charge is 2.16. The van der Waals surface area contributed by atoms with Crippen molar-refractivity contribution in [3.8, 4) is 0 Å². The van der Waals surface area contributed by atoms with E-state index in [0.717, 1.165) is 11.1 Å². The van der Waals surface area contributed by atoms with Crippen molar-refractivity contribution >= 4 is 11.7 Å². The van der Waals surface area contributed by atoms with E-state index in [4.69, 9.17) is 15.7 Å². The quantitative estimate of drug-likeness (QED) is 0.345. The molecule has 0 bridgehead atoms. The predicted octanol–water partition coefficient (Wildman–Crippen LogP) is 1.53. The van der Waals surface area contributed by atoms with Crippen LogP contribution < -0.4 is 5.73 Å². The van der Waals surface area contributed by atoms with Crippen molar-refractivity contribution in [1.82, 2.24) is 4.90 Å². The van der Waals surface area contributed by atoms with Crippen molar-refractivity contribution in [2.75, 3.05) is 26.8 Å². The van der Waals surface area contributed by atoms with Gasteiger partial charge in [-0.1, -0.05) is 22.3 Å². The molecule has 1 amide bonds. The molecule has 3 N–H and O–H groups in total. The van der Waals surface area contributed by atoms with Crippen LogP contribution in [0.2, 0.25) is 0 Å². The number of nitrogens with two attached hydrogens (primary N) is 1. The van der Waals surface area contributed by atoms with Crippen LogP contribution in [0, 0.1) is 13.8 Å². The summed E-state index contributed by atoms with van der Waals surface area (Å²) >= 11 is 0. The second kappa shape index (κ2) is 8.26. The van der Waals surface area contributed by atoms with Crippen LogP contribution in [0.4, 0.5) is 0 Å². The molecule has 0 aliphatic rings. The Labute approximate surface area is 125 Å². The van der Waals surface area contributed by atoms with Gasteiger partial charge >= 0.3 is 0 Å². The molecule has 0 aromatic heterocycles. The largest absolute Gasteiger partial charge is 0.409 e. The number of oxime groups is 1. The Bertz CT molecular complexity index is 495. The summed E-state index contributed by atoms with van der Waals surface area (Å²) in [5, 5.41) is 11.5. The number of carbonyl (C=O) groups excluding carboxylic acids is 1. The van der Waals surface area contributed by atoms with Gasteiger partial charge in [-0.2, -0.15) is 0 Å². The molecule has 6 nitrogen and oxygen atoms in total. The SMILES string of the molecule is COCCN(CCC(N)=NO)C(=O)c1cc(C)cc(C)c1. The fourth-order valence-electron chi connectivity index (χ4n) is 2.10. The van der Waals surface area contributed by atoms with E-state index in [0.29, 0.717) is 31.7 Å². The summed E-state index contributed by atoms with van der Waals surface area (Å²) < 4.78 is 5.03. The van der Waals surface area contributed by atoms with Gasteiger partial charge in [-0.25, -0.2) is 0 Å². The Kier molecular flexibility index (Phi) is 6.68. The standard InChI is InChI=1S/C15H23N3O3/c1-11-8-12(2)10-13(9-11)15(19)18(6-7-21-3)5-4-14(16)17-20/h8-10,20H,4-7H2,1-3H3,(H2,16,17). The molecule has 116 valence electrons. The molecule has 0 radical (unpaired) electrons. The molecule has 1 aromatic carbocycles. The lowest BCUT2D eigenvalue weighted by Gasteiger charge is -2.22. The van der Waals surface area contributed by atoms with E-state index >= 15 is 0 Å². The average molecular weight is 293 g/mol. The van der Waals surface area contributed by atoms with Crippen molar-refractivity contribution < 1.29 is 14.7 Å². The van der Waals surface area contributed by atoms with E-state index in [-0.39, 0.29) is 11.7 Å². The first-order chi connectivity index (χ1) is 9.97. The van der Waals surface area contributed by atoms with Crippen LogP contribution in [0.25, 0.3) is 0 Å². The predicted molar refractivity (Wildman–Crippen MR) is 81.7 cm³/mol. The maximum absolute atomic E-state index is 12.6. The van der Waals surface area contributed by atoms with Gasteiger partial charge in [0.2, 0.25) is 0 Å². The van der Waals surface area contributed by atoms with E-state index in [1.165, 1.54) is 0 Å². The molecule has 1 aromatic rings. The molecular formula is C15H23N3O3. The second-order valence-corrected chi connectivity index (χ2v) is 5.00. The summed E-state index contributed by atoms with van der Waals surface area (Å²) in [4.78, 5) is 14.2. The lowest BCUT2D eigenvalue weighted by atomic mass is 10.1. The highest BCUT2D eigenvalue weighted by Crippen LogP contribution is 2.12. The summed E-state index contributed by atoms with van der Waals surface area (Å²) in [5.74, 6) is 0.0234. The Hall–Kier alpha value is -2.08. The van der Waals surface area contributed by atoms with E-state index < -0.39 is 0 Å². The van der Waals surface area contributed by atoms with E-state index in [1.54, 1.807) is 12.0 Å². The maximum atomic E-state index is 12.6. The summed E-state index contributed by atoms with van der Waals surface area (Å²) in [7, 11) is 1.59. The molecule has 0 spiro atoms. The number of hydrogen-bond donors (Lipinski definition) is 2. The molecule has 0 saturated carbocycles. The minimum Gasteiger partial charge on any atom is -0.409 e. The number of aryl methyl sites for hydroxylation is 2. The van der Waals surface area contributed by atoms with Crippen molar-refractivity contribution in [3.05, 3.63) is 34.9 Å². The molecule has 21 heavy (non-hydrogen) atoms. The average Bonchev–Trinajstić information content (AvgIpc) is 2.45. The van der Waals surface area contributed by atoms with Gasteiger partial charge in [0.25, 0.3) is 5.91 Å². The van der Waals surface area contributed by atoms with E-state index in [1.807, 2.05) is 32.0 Å². The third-order valence-electron chi connectivity index (χ3n) is 3.09. The topological polar surface area (TPSA) is 88.2 Å². The van der Waals surface area contributed by atoms with Crippen LogP contribution in [0.5, 0.6) is 0 Å². The number of hydrogen-bond acceptors (Lipinski definition) is 4. The van der Waals surface area contributed by atoms with Crippen molar-refractivity contribution in [3.63, 3.8) is 0 Å². The third kappa shape index (κ3) is 5.43. The monoisotopic (exact) mass is 293 g/mol. The first kappa shape index (κ1) is 17.0. The normalized spacial score (nSPS) is 11.5. The molecule has 0 unspecified atom stereocenters. The fraction of sp³-hybridized carbons (Fsp3) is 0.467. The molecule has 0 aliphatic heterocycles. The number of benzene rings is 1. The van der Waals surface area contributed by atoms with Crippen LogP contribution in [-0.4, -0.2) is 48.7 Å². The van der Waals surface area contributed by atoms with Crippen molar-refractivity contribution in [2.45, 2.75) is 20.3 Å². The van der Waals surface area contributed by atoms with E-state index in [2.05, 4.69) is 5.16 Å². The van der Waals surface area contributed by atoms with Crippen molar-refractivity contribution in [1.29, 1.82) is 0 Å². The second-order valence-electron chi connectivity index (χ2n) is 5.00. The maximum Gasteiger partial charge on any atom is 0.253 e. The Balaban J connectivity index is 2.87. The number of ether oxygens (including phenoxy) is 1. The Morgan fingerprint density at radius 2 is 1.90 bits per heavy atom. The van der Waals surface area contributed by atoms with Gasteiger partial charge in [-0.05, 0) is 26.0 Å². The highest BCUT2D eigenvalue weighted by molar-refractivity contribution is 5.95. The minimum atomic E-state index is -0.0791. The number of amides is 1. The first-order valence-corrected chi connectivity index (χ1v) is 6.80. The van der Waals surface area contributed by atoms with Crippen molar-refractivity contribution in [2.24, 2.45) is 10.9 Å². The molecule has 0 fully saturated rings. The fourth-order valence-corrected chi connectivity index (χ4v) is 2.10. The van der Waals surface area contributed by atoms with Crippen LogP contribution in [0.15, 0.2) is 23.4 Å². The van der Waals surface area contributed by atoms with Crippen LogP contribution in [0.3, 0.4) is 0 Å². The van der Waals surface area contributed by atoms with Gasteiger partial charge in [0, 0.05) is 32.2 Å². The van der Waals surface area contributed by atoms with Gasteiger partial charge in [0.05, 0.1) is 6.61 Å². The van der Waals surface area contributed by atoms with Gasteiger partial charge in [-0.15, -0.1) is 0 Å². The first-order valence-electron chi connectivity index (χ1n) is 6.80. The van der Waals surface area contributed by atoms with E-state index in [9.17, 15) is 4.79 Å². The molecule has 0 aliphatic carbocycles. The molecule has 1 rings (SSSR count). The molecular weight excluding hydrogens is 270 g/mol. The number of nitrogens with zero attached hydrogens (tertiary/aromatic N) is 2. The van der Waals surface area contributed by atoms with Gasteiger partial charge < -0.3 is 20.6 Å². The van der Waals surface area contributed by atoms with Crippen LogP contribution >= 0.6 is 0 Å². The molecule has 0 saturated heterocycles. The zero-order chi connectivity index (χ0) is 15.8. The summed E-state index contributed by atoms with van der Waals surface area (Å²) in [6, 6.07) is 5.74. The molecule has 0 heterocycles. The van der Waals surface area contributed by atoms with Gasteiger partial charge in [0.15, 0.2) is 0 Å². The number of carbonyl (C=O) groups is 1. The smallest absolute Gasteiger partial charge is 0.253 e. The number of methoxy groups -OCH3 is 1. The minimum absolute atomic E-state index is 0.0791. The highest BCUT2D eigenvalue weighted by atomic mass is 16.5. The molecule has 0 atom stereocenters. The van der Waals surface area contributed by atoms with Crippen LogP contribution in [-0.2, 0) is 4.74 Å². The summed E-state index contributed by atoms with van der Waals surface area (Å²) in [5.41, 5.74) is 8.20. The lowest BCUT2D eigenvalue weighted by Crippen LogP contribution is -2.36. The number of rotatable bonds is 7. The Morgan fingerprint density at radius 1 is 1.29 bits per heavy atom. The molecule has 6 heteroatoms. The summed E-state index contributed by atoms with van der Waals surface area (Å²) in [6.07, 6.45) is 0.316.